The number of halogens is 1. The molecular formula is C10H7ClN2O2. The molecule has 1 aromatic heterocycles. The Kier molecular flexibility index (Phi) is 2.43. The number of aromatic amines is 1. The monoisotopic (exact) mass is 222 g/mol. The highest BCUT2D eigenvalue weighted by molar-refractivity contribution is 6.30. The summed E-state index contributed by atoms with van der Waals surface area (Å²) in [6.07, 6.45) is 2.91. The third-order valence-corrected chi connectivity index (χ3v) is 2.21. The van der Waals surface area contributed by atoms with Crippen molar-refractivity contribution in [2.75, 3.05) is 0 Å². The van der Waals surface area contributed by atoms with E-state index in [2.05, 4.69) is 4.98 Å². The number of benzene rings is 1. The van der Waals surface area contributed by atoms with Crippen LogP contribution in [0.15, 0.2) is 46.2 Å². The average molecular weight is 223 g/mol. The van der Waals surface area contributed by atoms with E-state index in [0.29, 0.717) is 10.7 Å². The molecule has 0 saturated carbocycles. The summed E-state index contributed by atoms with van der Waals surface area (Å²) >= 11 is 5.71. The summed E-state index contributed by atoms with van der Waals surface area (Å²) in [6, 6.07) is 6.65. The van der Waals surface area contributed by atoms with Crippen LogP contribution in [-0.4, -0.2) is 9.55 Å². The van der Waals surface area contributed by atoms with Gasteiger partial charge in [0.25, 0.3) is 0 Å². The summed E-state index contributed by atoms with van der Waals surface area (Å²) in [5, 5.41) is 0.580. The molecule has 5 heteroatoms. The average Bonchev–Trinajstić information content (AvgIpc) is 2.24. The molecule has 0 aliphatic heterocycles. The van der Waals surface area contributed by atoms with Crippen molar-refractivity contribution in [1.29, 1.82) is 0 Å². The summed E-state index contributed by atoms with van der Waals surface area (Å²) in [4.78, 5) is 24.8. The molecule has 0 radical (unpaired) electrons. The SMILES string of the molecule is O=c1[nH]ccn(-c2ccc(Cl)cc2)c1=O. The summed E-state index contributed by atoms with van der Waals surface area (Å²) in [5.41, 5.74) is -0.650. The second kappa shape index (κ2) is 3.74. The van der Waals surface area contributed by atoms with E-state index in [0.717, 1.165) is 0 Å². The molecule has 76 valence electrons. The molecule has 0 aliphatic rings. The minimum absolute atomic E-state index is 0.580. The fourth-order valence-electron chi connectivity index (χ4n) is 1.23. The van der Waals surface area contributed by atoms with Crippen LogP contribution in [0.3, 0.4) is 0 Å². The Labute approximate surface area is 89.8 Å². The Bertz CT molecular complexity index is 583. The van der Waals surface area contributed by atoms with Crippen molar-refractivity contribution in [2.45, 2.75) is 0 Å². The first kappa shape index (κ1) is 9.73. The van der Waals surface area contributed by atoms with Crippen molar-refractivity contribution >= 4 is 11.6 Å². The van der Waals surface area contributed by atoms with Gasteiger partial charge in [0.15, 0.2) is 0 Å². The first-order chi connectivity index (χ1) is 7.18. The minimum Gasteiger partial charge on any atom is -0.323 e. The third-order valence-electron chi connectivity index (χ3n) is 1.96. The summed E-state index contributed by atoms with van der Waals surface area (Å²) in [5.74, 6) is 0. The standard InChI is InChI=1S/C10H7ClN2O2/c11-7-1-3-8(4-2-7)13-6-5-12-9(14)10(13)15/h1-6H,(H,12,14). The number of H-pyrrole nitrogens is 1. The largest absolute Gasteiger partial charge is 0.323 e. The highest BCUT2D eigenvalue weighted by Gasteiger charge is 2.01. The number of nitrogens with zero attached hydrogens (tertiary/aromatic N) is 1. The van der Waals surface area contributed by atoms with Gasteiger partial charge in [-0.2, -0.15) is 0 Å². The van der Waals surface area contributed by atoms with Gasteiger partial charge >= 0.3 is 11.1 Å². The van der Waals surface area contributed by atoms with Gasteiger partial charge in [-0.05, 0) is 24.3 Å². The number of hydrogen-bond acceptors (Lipinski definition) is 2. The van der Waals surface area contributed by atoms with Crippen LogP contribution in [0.1, 0.15) is 0 Å². The lowest BCUT2D eigenvalue weighted by molar-refractivity contribution is 0.928. The predicted molar refractivity (Wildman–Crippen MR) is 57.7 cm³/mol. The Balaban J connectivity index is 2.65. The minimum atomic E-state index is -0.646. The molecule has 15 heavy (non-hydrogen) atoms. The first-order valence-electron chi connectivity index (χ1n) is 4.25. The zero-order valence-electron chi connectivity index (χ0n) is 7.61. The highest BCUT2D eigenvalue weighted by Crippen LogP contribution is 2.11. The van der Waals surface area contributed by atoms with Crippen molar-refractivity contribution in [3.8, 4) is 5.69 Å². The van der Waals surface area contributed by atoms with E-state index in [-0.39, 0.29) is 0 Å². The molecular weight excluding hydrogens is 216 g/mol. The highest BCUT2D eigenvalue weighted by atomic mass is 35.5. The molecule has 1 heterocycles. The molecule has 0 fully saturated rings. The molecule has 0 saturated heterocycles. The van der Waals surface area contributed by atoms with E-state index < -0.39 is 11.1 Å². The Hall–Kier alpha value is -1.81. The maximum Gasteiger partial charge on any atom is 0.320 e. The van der Waals surface area contributed by atoms with Crippen molar-refractivity contribution < 1.29 is 0 Å². The summed E-state index contributed by atoms with van der Waals surface area (Å²) in [6.45, 7) is 0. The van der Waals surface area contributed by atoms with Crippen LogP contribution in [0.2, 0.25) is 5.02 Å². The molecule has 2 rings (SSSR count). The van der Waals surface area contributed by atoms with Gasteiger partial charge in [-0.1, -0.05) is 11.6 Å². The van der Waals surface area contributed by atoms with E-state index in [9.17, 15) is 9.59 Å². The second-order valence-corrected chi connectivity index (χ2v) is 3.38. The van der Waals surface area contributed by atoms with Crippen LogP contribution < -0.4 is 11.1 Å². The third kappa shape index (κ3) is 1.85. The van der Waals surface area contributed by atoms with E-state index in [1.165, 1.54) is 17.0 Å². The molecule has 0 bridgehead atoms. The van der Waals surface area contributed by atoms with Gasteiger partial charge in [-0.25, -0.2) is 0 Å². The summed E-state index contributed by atoms with van der Waals surface area (Å²) < 4.78 is 1.26. The van der Waals surface area contributed by atoms with Crippen LogP contribution >= 0.6 is 11.6 Å². The topological polar surface area (TPSA) is 54.9 Å². The first-order valence-corrected chi connectivity index (χ1v) is 4.62. The zero-order valence-corrected chi connectivity index (χ0v) is 8.36. The summed E-state index contributed by atoms with van der Waals surface area (Å²) in [7, 11) is 0. The van der Waals surface area contributed by atoms with Gasteiger partial charge in [0.1, 0.15) is 0 Å². The quantitative estimate of drug-likeness (QED) is 0.737. The maximum atomic E-state index is 11.4. The van der Waals surface area contributed by atoms with Gasteiger partial charge < -0.3 is 4.98 Å². The van der Waals surface area contributed by atoms with Gasteiger partial charge in [-0.3, -0.25) is 14.2 Å². The van der Waals surface area contributed by atoms with E-state index in [1.54, 1.807) is 24.3 Å². The van der Waals surface area contributed by atoms with Crippen LogP contribution in [-0.2, 0) is 0 Å². The lowest BCUT2D eigenvalue weighted by atomic mass is 10.3. The van der Waals surface area contributed by atoms with Crippen molar-refractivity contribution in [2.24, 2.45) is 0 Å². The zero-order chi connectivity index (χ0) is 10.8. The van der Waals surface area contributed by atoms with Gasteiger partial charge in [0, 0.05) is 23.1 Å². The number of hydrogen-bond donors (Lipinski definition) is 1. The smallest absolute Gasteiger partial charge is 0.320 e. The van der Waals surface area contributed by atoms with Gasteiger partial charge in [-0.15, -0.1) is 0 Å². The van der Waals surface area contributed by atoms with Crippen LogP contribution in [0, 0.1) is 0 Å². The lowest BCUT2D eigenvalue weighted by Gasteiger charge is -2.03. The van der Waals surface area contributed by atoms with Crippen molar-refractivity contribution in [3.05, 3.63) is 62.4 Å². The fourth-order valence-corrected chi connectivity index (χ4v) is 1.36. The maximum absolute atomic E-state index is 11.4. The Morgan fingerprint density at radius 1 is 1.13 bits per heavy atom. The molecule has 0 aliphatic carbocycles. The molecule has 1 N–H and O–H groups in total. The fraction of sp³-hybridized carbons (Fsp3) is 0. The van der Waals surface area contributed by atoms with Crippen LogP contribution in [0.4, 0.5) is 0 Å². The molecule has 0 spiro atoms. The molecule has 0 unspecified atom stereocenters. The van der Waals surface area contributed by atoms with E-state index in [1.807, 2.05) is 0 Å². The lowest BCUT2D eigenvalue weighted by Crippen LogP contribution is -2.34. The molecule has 0 amide bonds. The molecule has 0 atom stereocenters. The van der Waals surface area contributed by atoms with Gasteiger partial charge in [0.05, 0.1) is 0 Å². The van der Waals surface area contributed by atoms with Crippen molar-refractivity contribution in [3.63, 3.8) is 0 Å². The molecule has 2 aromatic rings. The van der Waals surface area contributed by atoms with Crippen molar-refractivity contribution in [1.82, 2.24) is 9.55 Å². The Morgan fingerprint density at radius 3 is 2.47 bits per heavy atom. The predicted octanol–water partition coefficient (Wildman–Crippen LogP) is 1.18. The normalized spacial score (nSPS) is 10.2. The number of nitrogens with one attached hydrogen (secondary N) is 1. The number of rotatable bonds is 1. The van der Waals surface area contributed by atoms with Crippen LogP contribution in [0.5, 0.6) is 0 Å². The molecule has 4 nitrogen and oxygen atoms in total. The van der Waals surface area contributed by atoms with E-state index >= 15 is 0 Å². The van der Waals surface area contributed by atoms with Crippen LogP contribution in [0.25, 0.3) is 5.69 Å². The van der Waals surface area contributed by atoms with E-state index in [4.69, 9.17) is 11.6 Å². The molecule has 1 aromatic carbocycles. The second-order valence-electron chi connectivity index (χ2n) is 2.94. The number of aromatic nitrogens is 2. The Morgan fingerprint density at radius 2 is 1.80 bits per heavy atom. The van der Waals surface area contributed by atoms with Gasteiger partial charge in [0.2, 0.25) is 0 Å².